The van der Waals surface area contributed by atoms with Gasteiger partial charge in [0.05, 0.1) is 16.4 Å². The number of aromatic nitrogens is 1. The van der Waals surface area contributed by atoms with E-state index in [0.29, 0.717) is 0 Å². The highest BCUT2D eigenvalue weighted by molar-refractivity contribution is 9.10. The minimum Gasteiger partial charge on any atom is -0.461 e. The largest absolute Gasteiger partial charge is 0.461 e. The van der Waals surface area contributed by atoms with Crippen LogP contribution in [0.25, 0.3) is 10.8 Å². The van der Waals surface area contributed by atoms with E-state index in [2.05, 4.69) is 20.9 Å². The number of hydrogen-bond acceptors (Lipinski definition) is 4. The Balaban J connectivity index is 2.39. The molecule has 74 valence electrons. The van der Waals surface area contributed by atoms with Crippen LogP contribution in [-0.2, 0) is 0 Å². The fourth-order valence-corrected chi connectivity index (χ4v) is 2.49. The molecule has 1 atom stereocenters. The smallest absolute Gasteiger partial charge is 0.176 e. The summed E-state index contributed by atoms with van der Waals surface area (Å²) in [6.45, 7) is 1.91. The second-order valence-electron chi connectivity index (χ2n) is 2.96. The first kappa shape index (κ1) is 9.89. The van der Waals surface area contributed by atoms with Crippen LogP contribution in [0.15, 0.2) is 26.6 Å². The Bertz CT molecular complexity index is 435. The van der Waals surface area contributed by atoms with Gasteiger partial charge in [-0.2, -0.15) is 0 Å². The molecule has 2 heterocycles. The molecule has 5 heteroatoms. The topological polar surface area (TPSA) is 52.0 Å². The van der Waals surface area contributed by atoms with Crippen molar-refractivity contribution >= 4 is 27.3 Å². The molecule has 0 radical (unpaired) electrons. The van der Waals surface area contributed by atoms with E-state index in [1.165, 1.54) is 11.3 Å². The van der Waals surface area contributed by atoms with E-state index in [1.807, 2.05) is 18.4 Å². The highest BCUT2D eigenvalue weighted by Crippen LogP contribution is 2.32. The monoisotopic (exact) mass is 272 g/mol. The molecular weight excluding hydrogens is 264 g/mol. The summed E-state index contributed by atoms with van der Waals surface area (Å²) in [5.74, 6) is 0.766. The van der Waals surface area contributed by atoms with E-state index in [1.54, 1.807) is 6.26 Å². The van der Waals surface area contributed by atoms with Gasteiger partial charge in [0, 0.05) is 11.4 Å². The van der Waals surface area contributed by atoms with Crippen LogP contribution in [0.1, 0.15) is 18.7 Å². The average molecular weight is 273 g/mol. The van der Waals surface area contributed by atoms with Gasteiger partial charge in [0.2, 0.25) is 0 Å². The van der Waals surface area contributed by atoms with Crippen LogP contribution < -0.4 is 5.73 Å². The molecule has 2 aromatic rings. The number of nitrogens with zero attached hydrogens (tertiary/aromatic N) is 1. The molecule has 0 fully saturated rings. The zero-order valence-corrected chi connectivity index (χ0v) is 9.93. The highest BCUT2D eigenvalue weighted by Gasteiger charge is 2.12. The number of hydrogen-bond donors (Lipinski definition) is 1. The third-order valence-electron chi connectivity index (χ3n) is 1.80. The highest BCUT2D eigenvalue weighted by atomic mass is 79.9. The predicted molar refractivity (Wildman–Crippen MR) is 60.1 cm³/mol. The quantitative estimate of drug-likeness (QED) is 0.914. The van der Waals surface area contributed by atoms with Gasteiger partial charge in [-0.3, -0.25) is 0 Å². The Labute approximate surface area is 94.1 Å². The summed E-state index contributed by atoms with van der Waals surface area (Å²) in [5.41, 5.74) is 6.62. The van der Waals surface area contributed by atoms with Gasteiger partial charge in [0.25, 0.3) is 0 Å². The average Bonchev–Trinajstić information content (AvgIpc) is 2.71. The summed E-state index contributed by atoms with van der Waals surface area (Å²) in [7, 11) is 0. The third kappa shape index (κ3) is 1.75. The van der Waals surface area contributed by atoms with Crippen molar-refractivity contribution in [1.29, 1.82) is 0 Å². The van der Waals surface area contributed by atoms with E-state index in [0.717, 1.165) is 20.9 Å². The first-order valence-corrected chi connectivity index (χ1v) is 5.80. The minimum atomic E-state index is -0.0336. The summed E-state index contributed by atoms with van der Waals surface area (Å²) < 4.78 is 6.22. The van der Waals surface area contributed by atoms with Crippen LogP contribution in [0.4, 0.5) is 0 Å². The molecule has 0 aliphatic heterocycles. The molecule has 0 saturated heterocycles. The van der Waals surface area contributed by atoms with Gasteiger partial charge >= 0.3 is 0 Å². The van der Waals surface area contributed by atoms with Crippen LogP contribution in [0, 0.1) is 0 Å². The van der Waals surface area contributed by atoms with Crippen LogP contribution in [0.3, 0.4) is 0 Å². The van der Waals surface area contributed by atoms with Gasteiger partial charge in [0.1, 0.15) is 0 Å². The van der Waals surface area contributed by atoms with Gasteiger partial charge < -0.3 is 10.2 Å². The molecule has 0 bridgehead atoms. The molecule has 0 saturated carbocycles. The molecular formula is C9H9BrN2OS. The second kappa shape index (κ2) is 3.84. The Morgan fingerprint density at radius 1 is 1.64 bits per heavy atom. The zero-order valence-electron chi connectivity index (χ0n) is 7.53. The lowest BCUT2D eigenvalue weighted by Crippen LogP contribution is -2.04. The minimum absolute atomic E-state index is 0.0336. The Morgan fingerprint density at radius 3 is 2.93 bits per heavy atom. The summed E-state index contributed by atoms with van der Waals surface area (Å²) in [5, 5.41) is 2.81. The number of rotatable bonds is 2. The molecule has 0 aliphatic carbocycles. The molecule has 0 spiro atoms. The van der Waals surface area contributed by atoms with E-state index < -0.39 is 0 Å². The molecule has 0 aliphatic rings. The van der Waals surface area contributed by atoms with E-state index in [-0.39, 0.29) is 6.04 Å². The van der Waals surface area contributed by atoms with Crippen molar-refractivity contribution < 1.29 is 4.42 Å². The van der Waals surface area contributed by atoms with E-state index in [9.17, 15) is 0 Å². The van der Waals surface area contributed by atoms with Crippen molar-refractivity contribution in [3.63, 3.8) is 0 Å². The van der Waals surface area contributed by atoms with Gasteiger partial charge in [-0.1, -0.05) is 0 Å². The molecule has 2 N–H and O–H groups in total. The Morgan fingerprint density at radius 2 is 2.43 bits per heavy atom. The van der Waals surface area contributed by atoms with E-state index >= 15 is 0 Å². The van der Waals surface area contributed by atoms with Crippen LogP contribution >= 0.6 is 27.3 Å². The van der Waals surface area contributed by atoms with Gasteiger partial charge in [-0.25, -0.2) is 4.98 Å². The number of halogens is 1. The number of thiazole rings is 1. The lowest BCUT2D eigenvalue weighted by Gasteiger charge is -1.97. The molecule has 2 aromatic heterocycles. The van der Waals surface area contributed by atoms with Gasteiger partial charge in [-0.05, 0) is 28.9 Å². The lowest BCUT2D eigenvalue weighted by molar-refractivity contribution is 0.580. The van der Waals surface area contributed by atoms with Crippen molar-refractivity contribution in [2.24, 2.45) is 5.73 Å². The Hall–Kier alpha value is -0.650. The summed E-state index contributed by atoms with van der Waals surface area (Å²) in [6.07, 6.45) is 1.63. The number of furan rings is 1. The predicted octanol–water partition coefficient (Wildman–Crippen LogP) is 3.19. The van der Waals surface area contributed by atoms with Crippen LogP contribution in [0.2, 0.25) is 0 Å². The van der Waals surface area contributed by atoms with Crippen molar-refractivity contribution in [2.75, 3.05) is 0 Å². The zero-order chi connectivity index (χ0) is 10.1. The second-order valence-corrected chi connectivity index (χ2v) is 4.68. The maximum Gasteiger partial charge on any atom is 0.176 e. The van der Waals surface area contributed by atoms with Crippen molar-refractivity contribution in [3.05, 3.63) is 27.9 Å². The van der Waals surface area contributed by atoms with Crippen molar-refractivity contribution in [2.45, 2.75) is 13.0 Å². The Kier molecular flexibility index (Phi) is 2.71. The fraction of sp³-hybridized carbons (Fsp3) is 0.222. The van der Waals surface area contributed by atoms with Crippen molar-refractivity contribution in [1.82, 2.24) is 4.98 Å². The van der Waals surface area contributed by atoms with E-state index in [4.69, 9.17) is 10.2 Å². The first-order chi connectivity index (χ1) is 6.68. The molecule has 2 rings (SSSR count). The summed E-state index contributed by atoms with van der Waals surface area (Å²) in [6, 6.07) is 1.82. The fourth-order valence-electron chi connectivity index (χ4n) is 1.05. The lowest BCUT2D eigenvalue weighted by atomic mass is 10.3. The first-order valence-electron chi connectivity index (χ1n) is 4.13. The molecule has 14 heavy (non-hydrogen) atoms. The molecule has 0 aromatic carbocycles. The maximum atomic E-state index is 5.72. The van der Waals surface area contributed by atoms with Gasteiger partial charge in [-0.15, -0.1) is 11.3 Å². The van der Waals surface area contributed by atoms with Crippen LogP contribution in [-0.4, -0.2) is 4.98 Å². The third-order valence-corrected chi connectivity index (χ3v) is 3.28. The molecule has 0 amide bonds. The van der Waals surface area contributed by atoms with Crippen LogP contribution in [0.5, 0.6) is 0 Å². The standard InChI is InChI=1S/C9H9BrN2OS/c1-5(11)7-4-14-9(12-7)8-6(10)2-3-13-8/h2-5H,11H2,1H3. The maximum absolute atomic E-state index is 5.72. The van der Waals surface area contributed by atoms with Crippen molar-refractivity contribution in [3.8, 4) is 10.8 Å². The summed E-state index contributed by atoms with van der Waals surface area (Å²) >= 11 is 4.93. The molecule has 1 unspecified atom stereocenters. The molecule has 3 nitrogen and oxygen atoms in total. The van der Waals surface area contributed by atoms with Gasteiger partial charge in [0.15, 0.2) is 10.8 Å². The summed E-state index contributed by atoms with van der Waals surface area (Å²) in [4.78, 5) is 4.38. The SMILES string of the molecule is CC(N)c1csc(-c2occc2Br)n1. The number of nitrogens with two attached hydrogens (primary N) is 1. The normalized spacial score (nSPS) is 13.1.